The van der Waals surface area contributed by atoms with Crippen molar-refractivity contribution in [2.45, 2.75) is 25.4 Å². The van der Waals surface area contributed by atoms with Crippen LogP contribution in [0.5, 0.6) is 0 Å². The van der Waals surface area contributed by atoms with Crippen LogP contribution in [-0.4, -0.2) is 49.2 Å². The van der Waals surface area contributed by atoms with Crippen molar-refractivity contribution in [1.29, 1.82) is 0 Å². The van der Waals surface area contributed by atoms with Crippen LogP contribution in [0.25, 0.3) is 11.3 Å². The summed E-state index contributed by atoms with van der Waals surface area (Å²) in [5.74, 6) is 1.14. The van der Waals surface area contributed by atoms with Gasteiger partial charge in [0.25, 0.3) is 0 Å². The highest BCUT2D eigenvalue weighted by Crippen LogP contribution is 2.22. The molecule has 0 bridgehead atoms. The van der Waals surface area contributed by atoms with Crippen molar-refractivity contribution in [1.82, 2.24) is 30.0 Å². The van der Waals surface area contributed by atoms with Crippen molar-refractivity contribution in [2.24, 2.45) is 0 Å². The molecule has 0 spiro atoms. The molecule has 4 heterocycles. The van der Waals surface area contributed by atoms with E-state index in [-0.39, 0.29) is 0 Å². The van der Waals surface area contributed by atoms with Crippen molar-refractivity contribution in [3.8, 4) is 11.3 Å². The van der Waals surface area contributed by atoms with Crippen LogP contribution >= 0.6 is 0 Å². The number of anilines is 2. The number of rotatable bonds is 5. The van der Waals surface area contributed by atoms with Gasteiger partial charge in [-0.15, -0.1) is 0 Å². The number of H-pyrrole nitrogens is 1. The van der Waals surface area contributed by atoms with Crippen molar-refractivity contribution in [3.05, 3.63) is 48.5 Å². The molecule has 0 aliphatic carbocycles. The molecule has 3 aromatic rings. The Hall–Kier alpha value is -3.00. The highest BCUT2D eigenvalue weighted by Gasteiger charge is 2.20. The van der Waals surface area contributed by atoms with Gasteiger partial charge in [0.1, 0.15) is 5.82 Å². The van der Waals surface area contributed by atoms with Gasteiger partial charge in [0, 0.05) is 38.1 Å². The molecule has 0 atom stereocenters. The van der Waals surface area contributed by atoms with E-state index in [1.54, 1.807) is 12.4 Å². The Morgan fingerprint density at radius 1 is 1.15 bits per heavy atom. The maximum atomic E-state index is 5.88. The number of piperidine rings is 1. The standard InChI is InChI=1S/C18H22N8/c19-17-15(11-22-25-17)16-4-8-21-18(24-16)23-13-5-9-26(10-6-13)12-14-3-1-2-7-20-14/h1-4,7-8,11,13H,5-6,9-10,12H2,(H3,19,22,25)(H,21,23,24). The second-order valence-electron chi connectivity index (χ2n) is 6.48. The van der Waals surface area contributed by atoms with Crippen LogP contribution in [0, 0.1) is 0 Å². The molecule has 26 heavy (non-hydrogen) atoms. The lowest BCUT2D eigenvalue weighted by Crippen LogP contribution is -2.39. The van der Waals surface area contributed by atoms with Crippen LogP contribution in [0.1, 0.15) is 18.5 Å². The number of hydrogen-bond acceptors (Lipinski definition) is 7. The molecule has 0 aromatic carbocycles. The van der Waals surface area contributed by atoms with Gasteiger partial charge in [-0.05, 0) is 31.0 Å². The molecule has 0 unspecified atom stereocenters. The Balaban J connectivity index is 1.34. The zero-order valence-corrected chi connectivity index (χ0v) is 14.5. The average Bonchev–Trinajstić information content (AvgIpc) is 3.10. The van der Waals surface area contributed by atoms with Gasteiger partial charge in [-0.3, -0.25) is 15.0 Å². The predicted molar refractivity (Wildman–Crippen MR) is 100 cm³/mol. The summed E-state index contributed by atoms with van der Waals surface area (Å²) in [5, 5.41) is 10.1. The summed E-state index contributed by atoms with van der Waals surface area (Å²) in [6.07, 6.45) is 7.37. The van der Waals surface area contributed by atoms with Crippen LogP contribution in [0.15, 0.2) is 42.9 Å². The lowest BCUT2D eigenvalue weighted by molar-refractivity contribution is 0.209. The van der Waals surface area contributed by atoms with E-state index in [0.717, 1.165) is 49.4 Å². The zero-order valence-electron chi connectivity index (χ0n) is 14.5. The van der Waals surface area contributed by atoms with Crippen molar-refractivity contribution < 1.29 is 0 Å². The van der Waals surface area contributed by atoms with Crippen LogP contribution in [0.3, 0.4) is 0 Å². The van der Waals surface area contributed by atoms with Gasteiger partial charge in [-0.2, -0.15) is 5.10 Å². The van der Waals surface area contributed by atoms with Gasteiger partial charge in [0.15, 0.2) is 0 Å². The van der Waals surface area contributed by atoms with E-state index in [1.165, 1.54) is 0 Å². The van der Waals surface area contributed by atoms with Gasteiger partial charge >= 0.3 is 0 Å². The van der Waals surface area contributed by atoms with Gasteiger partial charge in [-0.1, -0.05) is 6.07 Å². The molecule has 3 aromatic heterocycles. The summed E-state index contributed by atoms with van der Waals surface area (Å²) in [6, 6.07) is 8.26. The van der Waals surface area contributed by atoms with E-state index in [9.17, 15) is 0 Å². The summed E-state index contributed by atoms with van der Waals surface area (Å²) >= 11 is 0. The lowest BCUT2D eigenvalue weighted by atomic mass is 10.1. The first kappa shape index (κ1) is 16.5. The van der Waals surface area contributed by atoms with Crippen molar-refractivity contribution >= 4 is 11.8 Å². The minimum Gasteiger partial charge on any atom is -0.384 e. The van der Waals surface area contributed by atoms with E-state index in [0.29, 0.717) is 17.8 Å². The van der Waals surface area contributed by atoms with E-state index >= 15 is 0 Å². The molecular formula is C18H22N8. The molecule has 1 saturated heterocycles. The summed E-state index contributed by atoms with van der Waals surface area (Å²) in [4.78, 5) is 15.8. The third-order valence-electron chi connectivity index (χ3n) is 4.63. The second-order valence-corrected chi connectivity index (χ2v) is 6.48. The number of nitrogens with zero attached hydrogens (tertiary/aromatic N) is 5. The fourth-order valence-electron chi connectivity index (χ4n) is 3.22. The Morgan fingerprint density at radius 2 is 2.04 bits per heavy atom. The van der Waals surface area contributed by atoms with Crippen LogP contribution in [-0.2, 0) is 6.54 Å². The number of likely N-dealkylation sites (tertiary alicyclic amines) is 1. The van der Waals surface area contributed by atoms with Crippen molar-refractivity contribution in [3.63, 3.8) is 0 Å². The minimum absolute atomic E-state index is 0.368. The minimum atomic E-state index is 0.368. The molecule has 0 amide bonds. The molecule has 8 heteroatoms. The molecule has 8 nitrogen and oxygen atoms in total. The summed E-state index contributed by atoms with van der Waals surface area (Å²) in [5.41, 5.74) is 8.55. The summed E-state index contributed by atoms with van der Waals surface area (Å²) in [6.45, 7) is 2.96. The number of nitrogens with two attached hydrogens (primary N) is 1. The Morgan fingerprint density at radius 3 is 2.77 bits per heavy atom. The molecule has 134 valence electrons. The van der Waals surface area contributed by atoms with Gasteiger partial charge < -0.3 is 11.1 Å². The molecule has 1 aliphatic heterocycles. The van der Waals surface area contributed by atoms with Crippen LogP contribution < -0.4 is 11.1 Å². The SMILES string of the molecule is Nc1[nH]ncc1-c1ccnc(NC2CCN(Cc3ccccn3)CC2)n1. The quantitative estimate of drug-likeness (QED) is 0.645. The normalized spacial score (nSPS) is 15.8. The van der Waals surface area contributed by atoms with Gasteiger partial charge in [0.2, 0.25) is 5.95 Å². The van der Waals surface area contributed by atoms with E-state index < -0.39 is 0 Å². The van der Waals surface area contributed by atoms with Crippen LogP contribution in [0.2, 0.25) is 0 Å². The van der Waals surface area contributed by atoms with Crippen molar-refractivity contribution in [2.75, 3.05) is 24.1 Å². The lowest BCUT2D eigenvalue weighted by Gasteiger charge is -2.32. The molecule has 1 fully saturated rings. The number of nitrogens with one attached hydrogen (secondary N) is 2. The molecule has 0 saturated carbocycles. The fourth-order valence-corrected chi connectivity index (χ4v) is 3.22. The van der Waals surface area contributed by atoms with E-state index in [1.807, 2.05) is 24.4 Å². The zero-order chi connectivity index (χ0) is 17.8. The third kappa shape index (κ3) is 3.80. The number of aromatic amines is 1. The maximum Gasteiger partial charge on any atom is 0.223 e. The molecule has 4 N–H and O–H groups in total. The highest BCUT2D eigenvalue weighted by atomic mass is 15.2. The number of hydrogen-bond donors (Lipinski definition) is 3. The molecule has 1 aliphatic rings. The number of aromatic nitrogens is 5. The van der Waals surface area contributed by atoms with Gasteiger partial charge in [0.05, 0.1) is 23.1 Å². The summed E-state index contributed by atoms with van der Waals surface area (Å²) < 4.78 is 0. The Bertz CT molecular complexity index is 839. The first-order chi connectivity index (χ1) is 12.8. The first-order valence-electron chi connectivity index (χ1n) is 8.79. The first-order valence-corrected chi connectivity index (χ1v) is 8.79. The predicted octanol–water partition coefficient (Wildman–Crippen LogP) is 1.92. The monoisotopic (exact) mass is 350 g/mol. The molecular weight excluding hydrogens is 328 g/mol. The smallest absolute Gasteiger partial charge is 0.223 e. The topological polar surface area (TPSA) is 109 Å². The van der Waals surface area contributed by atoms with Crippen LogP contribution in [0.4, 0.5) is 11.8 Å². The Labute approximate surface area is 151 Å². The third-order valence-corrected chi connectivity index (χ3v) is 4.63. The maximum absolute atomic E-state index is 5.88. The highest BCUT2D eigenvalue weighted by molar-refractivity contribution is 5.70. The average molecular weight is 350 g/mol. The fraction of sp³-hybridized carbons (Fsp3) is 0.333. The number of pyridine rings is 1. The van der Waals surface area contributed by atoms with E-state index in [4.69, 9.17) is 5.73 Å². The van der Waals surface area contributed by atoms with E-state index in [2.05, 4.69) is 41.4 Å². The second kappa shape index (κ2) is 7.49. The Kier molecular flexibility index (Phi) is 4.74. The summed E-state index contributed by atoms with van der Waals surface area (Å²) in [7, 11) is 0. The number of nitrogen functional groups attached to an aromatic ring is 1. The largest absolute Gasteiger partial charge is 0.384 e. The molecule has 4 rings (SSSR count). The van der Waals surface area contributed by atoms with Gasteiger partial charge in [-0.25, -0.2) is 9.97 Å². The molecule has 0 radical (unpaired) electrons.